The fourth-order valence-corrected chi connectivity index (χ4v) is 3.19. The van der Waals surface area contributed by atoms with Gasteiger partial charge in [-0.25, -0.2) is 9.18 Å². The molecule has 0 heterocycles. The van der Waals surface area contributed by atoms with Gasteiger partial charge < -0.3 is 15.4 Å². The molecule has 0 spiro atoms. The van der Waals surface area contributed by atoms with Gasteiger partial charge in [-0.1, -0.05) is 82.7 Å². The van der Waals surface area contributed by atoms with E-state index in [1.54, 1.807) is 24.3 Å². The fourth-order valence-electron chi connectivity index (χ4n) is 2.86. The van der Waals surface area contributed by atoms with E-state index in [1.807, 2.05) is 48.5 Å². The van der Waals surface area contributed by atoms with E-state index >= 15 is 0 Å². The SMILES string of the molecule is O=C(CNC(=O)OCc1ccccc1)NC(c1ccccc1)c1ccc(Br)cc1F. The van der Waals surface area contributed by atoms with Crippen molar-refractivity contribution in [3.05, 3.63) is 106 Å². The Balaban J connectivity index is 1.61. The minimum Gasteiger partial charge on any atom is -0.445 e. The fraction of sp³-hybridized carbons (Fsp3) is 0.130. The predicted molar refractivity (Wildman–Crippen MR) is 115 cm³/mol. The average molecular weight is 471 g/mol. The zero-order valence-electron chi connectivity index (χ0n) is 16.0. The number of carbonyl (C=O) groups is 2. The zero-order valence-corrected chi connectivity index (χ0v) is 17.6. The standard InChI is InChI=1S/C23H20BrFN2O3/c24-18-11-12-19(20(25)13-18)22(17-9-5-2-6-10-17)27-21(28)14-26-23(29)30-15-16-7-3-1-4-8-16/h1-13,22H,14-15H2,(H,26,29)(H,27,28). The second kappa shape index (κ2) is 10.5. The van der Waals surface area contributed by atoms with Crippen molar-refractivity contribution >= 4 is 27.9 Å². The number of ether oxygens (including phenoxy) is 1. The number of hydrogen-bond donors (Lipinski definition) is 2. The first kappa shape index (κ1) is 21.5. The van der Waals surface area contributed by atoms with Crippen molar-refractivity contribution in [3.63, 3.8) is 0 Å². The lowest BCUT2D eigenvalue weighted by atomic mass is 9.98. The van der Waals surface area contributed by atoms with E-state index in [-0.39, 0.29) is 13.2 Å². The Morgan fingerprint density at radius 2 is 1.63 bits per heavy atom. The maximum atomic E-state index is 14.5. The highest BCUT2D eigenvalue weighted by Gasteiger charge is 2.20. The van der Waals surface area contributed by atoms with Crippen molar-refractivity contribution in [2.75, 3.05) is 6.54 Å². The van der Waals surface area contributed by atoms with E-state index in [9.17, 15) is 14.0 Å². The van der Waals surface area contributed by atoms with Crippen LogP contribution >= 0.6 is 15.9 Å². The third-order valence-corrected chi connectivity index (χ3v) is 4.81. The summed E-state index contributed by atoms with van der Waals surface area (Å²) in [6.07, 6.45) is -0.708. The number of hydrogen-bond acceptors (Lipinski definition) is 3. The number of carbonyl (C=O) groups excluding carboxylic acids is 2. The number of benzene rings is 3. The van der Waals surface area contributed by atoms with E-state index in [2.05, 4.69) is 26.6 Å². The van der Waals surface area contributed by atoms with Crippen LogP contribution in [-0.4, -0.2) is 18.5 Å². The molecule has 7 heteroatoms. The van der Waals surface area contributed by atoms with Crippen molar-refractivity contribution in [2.24, 2.45) is 0 Å². The molecule has 5 nitrogen and oxygen atoms in total. The number of halogens is 2. The van der Waals surface area contributed by atoms with Gasteiger partial charge in [-0.3, -0.25) is 4.79 Å². The molecule has 3 aromatic carbocycles. The molecular formula is C23H20BrFN2O3. The second-order valence-electron chi connectivity index (χ2n) is 6.49. The smallest absolute Gasteiger partial charge is 0.407 e. The minimum atomic E-state index is -0.708. The summed E-state index contributed by atoms with van der Waals surface area (Å²) >= 11 is 3.24. The van der Waals surface area contributed by atoms with Crippen LogP contribution in [-0.2, 0) is 16.1 Å². The van der Waals surface area contributed by atoms with Gasteiger partial charge in [0.25, 0.3) is 0 Å². The van der Waals surface area contributed by atoms with Gasteiger partial charge in [0.15, 0.2) is 0 Å². The Bertz CT molecular complexity index is 1000. The van der Waals surface area contributed by atoms with Gasteiger partial charge in [-0.05, 0) is 23.3 Å². The average Bonchev–Trinajstić information content (AvgIpc) is 2.76. The molecule has 1 unspecified atom stereocenters. The molecule has 2 amide bonds. The van der Waals surface area contributed by atoms with Crippen molar-refractivity contribution < 1.29 is 18.7 Å². The molecule has 0 aliphatic rings. The first-order chi connectivity index (χ1) is 14.5. The van der Waals surface area contributed by atoms with Crippen molar-refractivity contribution in [1.29, 1.82) is 0 Å². The van der Waals surface area contributed by atoms with Crippen LogP contribution in [0.1, 0.15) is 22.7 Å². The molecule has 0 aliphatic heterocycles. The highest BCUT2D eigenvalue weighted by atomic mass is 79.9. The van der Waals surface area contributed by atoms with Gasteiger partial charge >= 0.3 is 6.09 Å². The molecule has 30 heavy (non-hydrogen) atoms. The normalized spacial score (nSPS) is 11.4. The van der Waals surface area contributed by atoms with Gasteiger partial charge in [0.2, 0.25) is 5.91 Å². The van der Waals surface area contributed by atoms with Crippen LogP contribution in [0.2, 0.25) is 0 Å². The summed E-state index contributed by atoms with van der Waals surface area (Å²) in [7, 11) is 0. The monoisotopic (exact) mass is 470 g/mol. The highest BCUT2D eigenvalue weighted by Crippen LogP contribution is 2.26. The van der Waals surface area contributed by atoms with E-state index in [4.69, 9.17) is 4.74 Å². The summed E-state index contributed by atoms with van der Waals surface area (Å²) in [5, 5.41) is 5.18. The topological polar surface area (TPSA) is 67.4 Å². The molecule has 3 rings (SSSR count). The van der Waals surface area contributed by atoms with E-state index in [0.29, 0.717) is 10.0 Å². The summed E-state index contributed by atoms with van der Waals surface area (Å²) in [5.41, 5.74) is 1.88. The number of amides is 2. The van der Waals surface area contributed by atoms with E-state index in [0.717, 1.165) is 11.1 Å². The first-order valence-corrected chi connectivity index (χ1v) is 10.1. The molecule has 0 aromatic heterocycles. The molecule has 154 valence electrons. The third kappa shape index (κ3) is 6.15. The Morgan fingerprint density at radius 3 is 2.30 bits per heavy atom. The Hall–Kier alpha value is -3.19. The summed E-state index contributed by atoms with van der Waals surface area (Å²) in [6, 6.07) is 22.2. The molecular weight excluding hydrogens is 451 g/mol. The van der Waals surface area contributed by atoms with Crippen molar-refractivity contribution in [3.8, 4) is 0 Å². The largest absolute Gasteiger partial charge is 0.445 e. The molecule has 0 bridgehead atoms. The van der Waals surface area contributed by atoms with Crippen LogP contribution in [0.15, 0.2) is 83.3 Å². The molecule has 1 atom stereocenters. The Kier molecular flexibility index (Phi) is 7.57. The summed E-state index contributed by atoms with van der Waals surface area (Å²) < 4.78 is 20.2. The van der Waals surface area contributed by atoms with Crippen LogP contribution in [0.5, 0.6) is 0 Å². The van der Waals surface area contributed by atoms with Crippen molar-refractivity contribution in [1.82, 2.24) is 10.6 Å². The quantitative estimate of drug-likeness (QED) is 0.524. The summed E-state index contributed by atoms with van der Waals surface area (Å²) in [5.74, 6) is -0.920. The Morgan fingerprint density at radius 1 is 0.967 bits per heavy atom. The molecule has 0 saturated heterocycles. The minimum absolute atomic E-state index is 0.102. The second-order valence-corrected chi connectivity index (χ2v) is 7.41. The molecule has 0 saturated carbocycles. The lowest BCUT2D eigenvalue weighted by molar-refractivity contribution is -0.120. The molecule has 0 aliphatic carbocycles. The van der Waals surface area contributed by atoms with Crippen LogP contribution in [0, 0.1) is 5.82 Å². The van der Waals surface area contributed by atoms with Crippen LogP contribution in [0.3, 0.4) is 0 Å². The van der Waals surface area contributed by atoms with Crippen LogP contribution < -0.4 is 10.6 Å². The third-order valence-electron chi connectivity index (χ3n) is 4.32. The maximum Gasteiger partial charge on any atom is 0.407 e. The van der Waals surface area contributed by atoms with Crippen molar-refractivity contribution in [2.45, 2.75) is 12.6 Å². The molecule has 2 N–H and O–H groups in total. The van der Waals surface area contributed by atoms with E-state index < -0.39 is 23.9 Å². The van der Waals surface area contributed by atoms with Crippen LogP contribution in [0.25, 0.3) is 0 Å². The number of alkyl carbamates (subject to hydrolysis) is 1. The number of rotatable bonds is 7. The Labute approximate surface area is 182 Å². The van der Waals surface area contributed by atoms with Gasteiger partial charge in [-0.2, -0.15) is 0 Å². The highest BCUT2D eigenvalue weighted by molar-refractivity contribution is 9.10. The van der Waals surface area contributed by atoms with Gasteiger partial charge in [0.05, 0.1) is 6.04 Å². The molecule has 3 aromatic rings. The van der Waals surface area contributed by atoms with Gasteiger partial charge in [0.1, 0.15) is 19.0 Å². The lowest BCUT2D eigenvalue weighted by Crippen LogP contribution is -2.39. The van der Waals surface area contributed by atoms with E-state index in [1.165, 1.54) is 6.07 Å². The molecule has 0 fully saturated rings. The first-order valence-electron chi connectivity index (χ1n) is 9.27. The van der Waals surface area contributed by atoms with Crippen LogP contribution in [0.4, 0.5) is 9.18 Å². The lowest BCUT2D eigenvalue weighted by Gasteiger charge is -2.21. The van der Waals surface area contributed by atoms with Gasteiger partial charge in [0, 0.05) is 10.0 Å². The zero-order chi connectivity index (χ0) is 21.3. The molecule has 0 radical (unpaired) electrons. The maximum absolute atomic E-state index is 14.5. The van der Waals surface area contributed by atoms with Gasteiger partial charge in [-0.15, -0.1) is 0 Å². The summed E-state index contributed by atoms with van der Waals surface area (Å²) in [6.45, 7) is -0.194. The predicted octanol–water partition coefficient (Wildman–Crippen LogP) is 4.72. The summed E-state index contributed by atoms with van der Waals surface area (Å²) in [4.78, 5) is 24.3. The number of nitrogens with one attached hydrogen (secondary N) is 2.